The van der Waals surface area contributed by atoms with E-state index in [1.807, 2.05) is 0 Å². The Balaban J connectivity index is 2.44. The lowest BCUT2D eigenvalue weighted by molar-refractivity contribution is 0.103. The number of hydrogen-bond donors (Lipinski definition) is 0. The van der Waals surface area contributed by atoms with Crippen molar-refractivity contribution in [2.45, 2.75) is 0 Å². The van der Waals surface area contributed by atoms with E-state index < -0.39 is 0 Å². The largest absolute Gasteiger partial charge is 0.396 e. The van der Waals surface area contributed by atoms with Crippen LogP contribution in [-0.2, 0) is 0 Å². The summed E-state index contributed by atoms with van der Waals surface area (Å²) in [5.74, 6) is -0.161. The molecule has 0 unspecified atom stereocenters. The van der Waals surface area contributed by atoms with Gasteiger partial charge in [0.15, 0.2) is 4.98 Å². The maximum absolute atomic E-state index is 12.2. The van der Waals surface area contributed by atoms with Crippen molar-refractivity contribution in [3.63, 3.8) is 0 Å². The van der Waals surface area contributed by atoms with Crippen molar-refractivity contribution in [2.75, 3.05) is 0 Å². The zero-order valence-corrected chi connectivity index (χ0v) is 10.4. The Morgan fingerprint density at radius 2 is 1.71 bits per heavy atom. The van der Waals surface area contributed by atoms with E-state index in [2.05, 4.69) is 20.9 Å². The monoisotopic (exact) mass is 287 g/mol. The van der Waals surface area contributed by atoms with Crippen LogP contribution in [0, 0.1) is 5.39 Å². The molecule has 0 heterocycles. The number of nitrogens with zero attached hydrogens (tertiary/aromatic N) is 2. The zero-order chi connectivity index (χ0) is 12.3. The van der Waals surface area contributed by atoms with Crippen LogP contribution >= 0.6 is 15.9 Å². The third kappa shape index (κ3) is 2.40. The number of rotatable bonds is 2. The minimum absolute atomic E-state index is 0.161. The molecule has 0 atom stereocenters. The fourth-order valence-electron chi connectivity index (χ4n) is 1.51. The van der Waals surface area contributed by atoms with Crippen LogP contribution in [0.2, 0.25) is 0 Å². The summed E-state index contributed by atoms with van der Waals surface area (Å²) in [5, 5.41) is 8.82. The molecule has 0 aliphatic carbocycles. The van der Waals surface area contributed by atoms with Crippen LogP contribution in [0.4, 0.5) is 5.69 Å². The predicted molar refractivity (Wildman–Crippen MR) is 68.8 cm³/mol. The predicted octanol–water partition coefficient (Wildman–Crippen LogP) is 4.16. The highest BCUT2D eigenvalue weighted by molar-refractivity contribution is 9.10. The molecule has 0 fully saturated rings. The highest BCUT2D eigenvalue weighted by Gasteiger charge is 2.20. The topological polar surface area (TPSA) is 45.2 Å². The van der Waals surface area contributed by atoms with Crippen LogP contribution in [0.1, 0.15) is 15.9 Å². The number of carbonyl (C=O) groups excluding carboxylic acids is 1. The van der Waals surface area contributed by atoms with Crippen LogP contribution in [0.5, 0.6) is 0 Å². The minimum Gasteiger partial charge on any atom is -0.288 e. The van der Waals surface area contributed by atoms with Crippen molar-refractivity contribution < 1.29 is 4.79 Å². The van der Waals surface area contributed by atoms with E-state index in [0.717, 1.165) is 4.47 Å². The Bertz CT molecular complexity index is 600. The van der Waals surface area contributed by atoms with Gasteiger partial charge in [-0.1, -0.05) is 28.1 Å². The molecule has 4 heteroatoms. The van der Waals surface area contributed by atoms with Gasteiger partial charge in [0.05, 0.1) is 0 Å². The Morgan fingerprint density at radius 3 is 2.35 bits per heavy atom. The van der Waals surface area contributed by atoms with Gasteiger partial charge in [0.1, 0.15) is 5.56 Å². The van der Waals surface area contributed by atoms with Gasteiger partial charge in [0.2, 0.25) is 11.2 Å². The lowest BCUT2D eigenvalue weighted by Crippen LogP contribution is -2.00. The fourth-order valence-corrected chi connectivity index (χ4v) is 1.77. The van der Waals surface area contributed by atoms with Crippen LogP contribution in [0.25, 0.3) is 4.98 Å². The summed E-state index contributed by atoms with van der Waals surface area (Å²) in [7, 11) is 0. The molecule has 0 saturated carbocycles. The molecule has 2 aromatic carbocycles. The lowest BCUT2D eigenvalue weighted by Gasteiger charge is -1.98. The molecule has 2 rings (SSSR count). The van der Waals surface area contributed by atoms with E-state index in [0.29, 0.717) is 11.1 Å². The normalized spacial score (nSPS) is 9.65. The maximum Gasteiger partial charge on any atom is 0.396 e. The number of carbonyl (C=O) groups is 1. The molecular weight excluding hydrogens is 280 g/mol. The number of ketones is 1. The van der Waals surface area contributed by atoms with Crippen molar-refractivity contribution in [3.05, 3.63) is 69.1 Å². The smallest absolute Gasteiger partial charge is 0.288 e. The van der Waals surface area contributed by atoms with Crippen molar-refractivity contribution in [1.29, 1.82) is 5.39 Å². The molecule has 0 spiro atoms. The number of hydrogen-bond acceptors (Lipinski definition) is 2. The van der Waals surface area contributed by atoms with Gasteiger partial charge in [-0.05, 0) is 30.3 Å². The highest BCUT2D eigenvalue weighted by atomic mass is 79.9. The van der Waals surface area contributed by atoms with E-state index in [-0.39, 0.29) is 11.5 Å². The minimum atomic E-state index is -0.161. The lowest BCUT2D eigenvalue weighted by atomic mass is 10.0. The molecule has 0 bridgehead atoms. The van der Waals surface area contributed by atoms with E-state index >= 15 is 0 Å². The molecule has 0 amide bonds. The molecule has 0 radical (unpaired) electrons. The van der Waals surface area contributed by atoms with Crippen LogP contribution < -0.4 is 0 Å². The average molecular weight is 288 g/mol. The SMILES string of the molecule is N#[N+]c1ccccc1C(=O)c1ccc(Br)cc1. The third-order valence-corrected chi connectivity index (χ3v) is 2.89. The molecule has 17 heavy (non-hydrogen) atoms. The van der Waals surface area contributed by atoms with Gasteiger partial charge < -0.3 is 0 Å². The van der Waals surface area contributed by atoms with Crippen LogP contribution in [-0.4, -0.2) is 5.78 Å². The second kappa shape index (κ2) is 4.89. The van der Waals surface area contributed by atoms with Crippen molar-refractivity contribution in [2.24, 2.45) is 0 Å². The summed E-state index contributed by atoms with van der Waals surface area (Å²) in [4.78, 5) is 15.3. The van der Waals surface area contributed by atoms with Crippen molar-refractivity contribution in [1.82, 2.24) is 0 Å². The highest BCUT2D eigenvalue weighted by Crippen LogP contribution is 2.22. The first-order chi connectivity index (χ1) is 8.22. The zero-order valence-electron chi connectivity index (χ0n) is 8.80. The summed E-state index contributed by atoms with van der Waals surface area (Å²) in [6.07, 6.45) is 0. The Labute approximate surface area is 107 Å². The van der Waals surface area contributed by atoms with E-state index in [1.165, 1.54) is 0 Å². The summed E-state index contributed by atoms with van der Waals surface area (Å²) in [6, 6.07) is 13.7. The molecule has 0 saturated heterocycles. The number of halogens is 1. The van der Waals surface area contributed by atoms with Crippen molar-refractivity contribution in [3.8, 4) is 0 Å². The standard InChI is InChI=1S/C13H8BrN2O/c14-10-7-5-9(6-8-10)13(17)11-3-1-2-4-12(11)16-15/h1-8H/q+1. The van der Waals surface area contributed by atoms with Crippen LogP contribution in [0.3, 0.4) is 0 Å². The molecule has 3 nitrogen and oxygen atoms in total. The quantitative estimate of drug-likeness (QED) is 0.615. The number of benzene rings is 2. The summed E-state index contributed by atoms with van der Waals surface area (Å²) >= 11 is 3.31. The molecule has 0 N–H and O–H groups in total. The first-order valence-electron chi connectivity index (χ1n) is 4.97. The van der Waals surface area contributed by atoms with Gasteiger partial charge in [-0.15, -0.1) is 0 Å². The maximum atomic E-state index is 12.2. The summed E-state index contributed by atoms with van der Waals surface area (Å²) < 4.78 is 0.911. The Morgan fingerprint density at radius 1 is 1.06 bits per heavy atom. The van der Waals surface area contributed by atoms with E-state index in [9.17, 15) is 4.79 Å². The van der Waals surface area contributed by atoms with E-state index in [1.54, 1.807) is 48.5 Å². The number of diazo groups is 1. The first kappa shape index (κ1) is 11.5. The van der Waals surface area contributed by atoms with Gasteiger partial charge in [-0.3, -0.25) is 4.79 Å². The van der Waals surface area contributed by atoms with Gasteiger partial charge in [-0.2, -0.15) is 0 Å². The third-order valence-electron chi connectivity index (χ3n) is 2.36. The Hall–Kier alpha value is -1.99. The second-order valence-corrected chi connectivity index (χ2v) is 4.37. The van der Waals surface area contributed by atoms with Gasteiger partial charge >= 0.3 is 5.69 Å². The molecular formula is C13H8BrN2O+. The second-order valence-electron chi connectivity index (χ2n) is 3.45. The average Bonchev–Trinajstić information content (AvgIpc) is 2.39. The van der Waals surface area contributed by atoms with Gasteiger partial charge in [0, 0.05) is 16.1 Å². The molecule has 82 valence electrons. The van der Waals surface area contributed by atoms with Gasteiger partial charge in [0.25, 0.3) is 0 Å². The van der Waals surface area contributed by atoms with E-state index in [4.69, 9.17) is 5.39 Å². The molecule has 0 aromatic heterocycles. The Kier molecular flexibility index (Phi) is 3.31. The molecule has 2 aromatic rings. The summed E-state index contributed by atoms with van der Waals surface area (Å²) in [6.45, 7) is 0. The first-order valence-corrected chi connectivity index (χ1v) is 5.76. The van der Waals surface area contributed by atoms with Crippen LogP contribution in [0.15, 0.2) is 53.0 Å². The van der Waals surface area contributed by atoms with Crippen molar-refractivity contribution >= 4 is 27.4 Å². The molecule has 0 aliphatic heterocycles. The fraction of sp³-hybridized carbons (Fsp3) is 0. The molecule has 0 aliphatic rings. The van der Waals surface area contributed by atoms with Gasteiger partial charge in [-0.25, -0.2) is 0 Å². The summed E-state index contributed by atoms with van der Waals surface area (Å²) in [5.41, 5.74) is 1.22.